The third-order valence-corrected chi connectivity index (χ3v) is 6.70. The van der Waals surface area contributed by atoms with Gasteiger partial charge >= 0.3 is 0 Å². The molecular weight excluding hydrogens is 585 g/mol. The van der Waals surface area contributed by atoms with E-state index in [2.05, 4.69) is 59.5 Å². The molecular formula is C21H17Br2Cl2N5O2. The van der Waals surface area contributed by atoms with E-state index in [1.807, 2.05) is 0 Å². The van der Waals surface area contributed by atoms with Crippen LogP contribution in [0.1, 0.15) is 40.6 Å². The number of pyridine rings is 1. The van der Waals surface area contributed by atoms with Crippen LogP contribution in [0.15, 0.2) is 45.6 Å². The highest BCUT2D eigenvalue weighted by atomic mass is 79.9. The van der Waals surface area contributed by atoms with Gasteiger partial charge in [-0.05, 0) is 74.4 Å². The van der Waals surface area contributed by atoms with Crippen molar-refractivity contribution in [2.24, 2.45) is 5.41 Å². The summed E-state index contributed by atoms with van der Waals surface area (Å²) in [6.45, 7) is 2.67. The lowest BCUT2D eigenvalue weighted by Crippen LogP contribution is -2.30. The molecule has 4 rings (SSSR count). The molecule has 11 heteroatoms. The van der Waals surface area contributed by atoms with Crippen molar-refractivity contribution in [1.82, 2.24) is 20.1 Å². The van der Waals surface area contributed by atoms with Crippen molar-refractivity contribution >= 4 is 72.6 Å². The largest absolute Gasteiger partial charge is 0.351 e. The second kappa shape index (κ2) is 9.13. The van der Waals surface area contributed by atoms with Crippen LogP contribution >= 0.6 is 55.1 Å². The maximum atomic E-state index is 13.2. The second-order valence-corrected chi connectivity index (χ2v) is 10.3. The smallest absolute Gasteiger partial charge is 0.274 e. The lowest BCUT2D eigenvalue weighted by Gasteiger charge is -2.16. The maximum absolute atomic E-state index is 13.2. The molecule has 2 amide bonds. The summed E-state index contributed by atoms with van der Waals surface area (Å²) in [6, 6.07) is 8.01. The molecule has 7 nitrogen and oxygen atoms in total. The van der Waals surface area contributed by atoms with Crippen LogP contribution in [0.25, 0.3) is 5.82 Å². The third kappa shape index (κ3) is 5.01. The van der Waals surface area contributed by atoms with E-state index in [1.165, 1.54) is 16.8 Å². The quantitative estimate of drug-likeness (QED) is 0.369. The molecule has 2 N–H and O–H groups in total. The number of benzene rings is 1. The summed E-state index contributed by atoms with van der Waals surface area (Å²) in [5.41, 5.74) is 0.864. The minimum absolute atomic E-state index is 0.135. The zero-order valence-corrected chi connectivity index (χ0v) is 21.4. The van der Waals surface area contributed by atoms with Gasteiger partial charge in [-0.1, -0.05) is 30.1 Å². The Morgan fingerprint density at radius 3 is 2.62 bits per heavy atom. The molecule has 1 aromatic carbocycles. The van der Waals surface area contributed by atoms with Gasteiger partial charge in [-0.25, -0.2) is 9.67 Å². The van der Waals surface area contributed by atoms with Crippen LogP contribution in [0.5, 0.6) is 0 Å². The van der Waals surface area contributed by atoms with E-state index >= 15 is 0 Å². The molecule has 1 aliphatic rings. The molecule has 1 aliphatic carbocycles. The number of rotatable bonds is 6. The van der Waals surface area contributed by atoms with Crippen molar-refractivity contribution in [3.8, 4) is 5.82 Å². The summed E-state index contributed by atoms with van der Waals surface area (Å²) >= 11 is 19.1. The molecule has 0 bridgehead atoms. The first-order chi connectivity index (χ1) is 15.2. The number of carbonyl (C=O) groups excluding carboxylic acids is 2. The van der Waals surface area contributed by atoms with E-state index in [9.17, 15) is 9.59 Å². The number of hydrogen-bond acceptors (Lipinski definition) is 4. The molecule has 2 heterocycles. The summed E-state index contributed by atoms with van der Waals surface area (Å²) in [4.78, 5) is 30.3. The van der Waals surface area contributed by atoms with E-state index in [0.717, 1.165) is 12.8 Å². The predicted octanol–water partition coefficient (Wildman–Crippen LogP) is 5.88. The van der Waals surface area contributed by atoms with Crippen molar-refractivity contribution in [2.45, 2.75) is 19.8 Å². The van der Waals surface area contributed by atoms with Gasteiger partial charge in [0.25, 0.3) is 11.8 Å². The standard InChI is InChI=1S/C21H17Br2Cl2N5O2/c1-21(4-5-21)10-27-19(31)12-7-11(24)8-13(22)17(12)28-20(32)15-9-16(23)29-30(15)18-14(25)3-2-6-26-18/h2-3,6-9H,4-5,10H2,1H3,(H,27,31)(H,28,32). The van der Waals surface area contributed by atoms with E-state index in [0.29, 0.717) is 37.2 Å². The lowest BCUT2D eigenvalue weighted by molar-refractivity contribution is 0.0947. The van der Waals surface area contributed by atoms with Crippen molar-refractivity contribution < 1.29 is 9.59 Å². The SMILES string of the molecule is CC1(CNC(=O)c2cc(Cl)cc(Br)c2NC(=O)c2cc(Br)nn2-c2ncccc2Cl)CC1. The number of carbonyl (C=O) groups is 2. The Bertz CT molecular complexity index is 1230. The molecule has 0 aliphatic heterocycles. The number of hydrogen-bond donors (Lipinski definition) is 2. The van der Waals surface area contributed by atoms with E-state index in [-0.39, 0.29) is 22.6 Å². The Labute approximate surface area is 211 Å². The minimum Gasteiger partial charge on any atom is -0.351 e. The van der Waals surface area contributed by atoms with Crippen LogP contribution in [-0.2, 0) is 0 Å². The van der Waals surface area contributed by atoms with Gasteiger partial charge in [-0.3, -0.25) is 9.59 Å². The fourth-order valence-electron chi connectivity index (χ4n) is 3.04. The van der Waals surface area contributed by atoms with Gasteiger partial charge in [-0.15, -0.1) is 0 Å². The van der Waals surface area contributed by atoms with Crippen LogP contribution in [0.3, 0.4) is 0 Å². The Hall–Kier alpha value is -1.94. The fourth-order valence-corrected chi connectivity index (χ4v) is 4.53. The first-order valence-electron chi connectivity index (χ1n) is 9.62. The van der Waals surface area contributed by atoms with Crippen LogP contribution in [0, 0.1) is 5.41 Å². The Balaban J connectivity index is 1.66. The van der Waals surface area contributed by atoms with Crippen LogP contribution in [0.4, 0.5) is 5.69 Å². The summed E-state index contributed by atoms with van der Waals surface area (Å²) in [5.74, 6) is -0.522. The molecule has 0 unspecified atom stereocenters. The molecule has 0 saturated heterocycles. The van der Waals surface area contributed by atoms with Crippen LogP contribution in [0.2, 0.25) is 10.0 Å². The molecule has 3 aromatic rings. The zero-order valence-electron chi connectivity index (χ0n) is 16.8. The highest BCUT2D eigenvalue weighted by molar-refractivity contribution is 9.10. The molecule has 1 saturated carbocycles. The van der Waals surface area contributed by atoms with E-state index in [1.54, 1.807) is 24.4 Å². The molecule has 0 spiro atoms. The summed E-state index contributed by atoms with van der Waals surface area (Å²) in [7, 11) is 0. The van der Waals surface area contributed by atoms with Crippen molar-refractivity contribution in [3.63, 3.8) is 0 Å². The van der Waals surface area contributed by atoms with Gasteiger partial charge in [0, 0.05) is 28.3 Å². The molecule has 0 atom stereocenters. The first kappa shape index (κ1) is 23.2. The summed E-state index contributed by atoms with van der Waals surface area (Å²) < 4.78 is 2.23. The number of nitrogens with zero attached hydrogens (tertiary/aromatic N) is 3. The Morgan fingerprint density at radius 2 is 1.94 bits per heavy atom. The first-order valence-corrected chi connectivity index (χ1v) is 12.0. The summed E-state index contributed by atoms with van der Waals surface area (Å²) in [5, 5.41) is 10.7. The molecule has 32 heavy (non-hydrogen) atoms. The zero-order chi connectivity index (χ0) is 23.0. The Kier molecular flexibility index (Phi) is 6.63. The maximum Gasteiger partial charge on any atom is 0.274 e. The monoisotopic (exact) mass is 599 g/mol. The normalized spacial score (nSPS) is 14.2. The number of amides is 2. The topological polar surface area (TPSA) is 88.9 Å². The minimum atomic E-state index is -0.504. The van der Waals surface area contributed by atoms with Crippen molar-refractivity contribution in [3.05, 3.63) is 66.9 Å². The molecule has 2 aromatic heterocycles. The van der Waals surface area contributed by atoms with E-state index in [4.69, 9.17) is 23.2 Å². The highest BCUT2D eigenvalue weighted by Gasteiger charge is 2.37. The molecule has 1 fully saturated rings. The number of anilines is 1. The number of halogens is 4. The molecule has 166 valence electrons. The highest BCUT2D eigenvalue weighted by Crippen LogP contribution is 2.44. The summed E-state index contributed by atoms with van der Waals surface area (Å²) in [6.07, 6.45) is 3.70. The van der Waals surface area contributed by atoms with Gasteiger partial charge in [0.15, 0.2) is 5.82 Å². The van der Waals surface area contributed by atoms with E-state index < -0.39 is 5.91 Å². The van der Waals surface area contributed by atoms with Gasteiger partial charge in [0.05, 0.1) is 16.3 Å². The second-order valence-electron chi connectivity index (χ2n) is 7.83. The third-order valence-electron chi connectivity index (χ3n) is 5.17. The lowest BCUT2D eigenvalue weighted by atomic mass is 10.1. The Morgan fingerprint density at radius 1 is 1.19 bits per heavy atom. The predicted molar refractivity (Wildman–Crippen MR) is 131 cm³/mol. The van der Waals surface area contributed by atoms with Gasteiger partial charge in [0.1, 0.15) is 10.3 Å². The van der Waals surface area contributed by atoms with Crippen molar-refractivity contribution in [1.29, 1.82) is 0 Å². The van der Waals surface area contributed by atoms with Gasteiger partial charge < -0.3 is 10.6 Å². The van der Waals surface area contributed by atoms with Gasteiger partial charge in [0.2, 0.25) is 0 Å². The fraction of sp³-hybridized carbons (Fsp3) is 0.238. The van der Waals surface area contributed by atoms with Gasteiger partial charge in [-0.2, -0.15) is 5.10 Å². The number of aromatic nitrogens is 3. The van der Waals surface area contributed by atoms with Crippen LogP contribution < -0.4 is 10.6 Å². The van der Waals surface area contributed by atoms with Crippen molar-refractivity contribution in [2.75, 3.05) is 11.9 Å². The number of nitrogens with one attached hydrogen (secondary N) is 2. The molecule has 0 radical (unpaired) electrons. The average Bonchev–Trinajstić information content (AvgIpc) is 3.35. The average molecular weight is 602 g/mol. The van der Waals surface area contributed by atoms with Crippen LogP contribution in [-0.4, -0.2) is 33.1 Å².